The lowest BCUT2D eigenvalue weighted by molar-refractivity contribution is -0.124. The highest BCUT2D eigenvalue weighted by Gasteiger charge is 2.40. The van der Waals surface area contributed by atoms with E-state index in [4.69, 9.17) is 11.1 Å². The number of nitrogens with zero attached hydrogens (tertiary/aromatic N) is 3. The molecule has 1 aromatic rings. The Morgan fingerprint density at radius 3 is 2.50 bits per heavy atom. The van der Waals surface area contributed by atoms with Gasteiger partial charge in [0.15, 0.2) is 5.96 Å². The second-order valence-corrected chi connectivity index (χ2v) is 10.2. The molecule has 0 spiro atoms. The van der Waals surface area contributed by atoms with Crippen molar-refractivity contribution in [2.75, 3.05) is 31.1 Å². The minimum Gasteiger partial charge on any atom is -0.370 e. The summed E-state index contributed by atoms with van der Waals surface area (Å²) in [5.74, 6) is 0.691. The van der Waals surface area contributed by atoms with Gasteiger partial charge in [-0.3, -0.25) is 15.1 Å². The molecule has 6 nitrogen and oxygen atoms in total. The molecule has 0 aliphatic carbocycles. The Morgan fingerprint density at radius 2 is 1.78 bits per heavy atom. The number of guanidine groups is 1. The number of anilines is 1. The average molecular weight is 440 g/mol. The molecule has 0 aromatic heterocycles. The van der Waals surface area contributed by atoms with Gasteiger partial charge < -0.3 is 15.5 Å². The van der Waals surface area contributed by atoms with Crippen molar-refractivity contribution in [3.8, 4) is 0 Å². The molecule has 0 radical (unpaired) electrons. The summed E-state index contributed by atoms with van der Waals surface area (Å²) >= 11 is 0. The van der Waals surface area contributed by atoms with Gasteiger partial charge in [0.1, 0.15) is 0 Å². The first kappa shape index (κ1) is 23.1. The van der Waals surface area contributed by atoms with Crippen LogP contribution in [0.15, 0.2) is 24.3 Å². The third-order valence-corrected chi connectivity index (χ3v) is 8.11. The van der Waals surface area contributed by atoms with Crippen LogP contribution in [-0.2, 0) is 11.2 Å². The highest BCUT2D eigenvalue weighted by molar-refractivity contribution is 5.98. The number of nitrogens with one attached hydrogen (secondary N) is 1. The first-order valence-electron chi connectivity index (χ1n) is 12.7. The van der Waals surface area contributed by atoms with Crippen molar-refractivity contribution in [1.82, 2.24) is 9.80 Å². The maximum Gasteiger partial charge on any atom is 0.230 e. The van der Waals surface area contributed by atoms with Gasteiger partial charge in [-0.05, 0) is 76.5 Å². The molecule has 176 valence electrons. The number of hydrogen-bond acceptors (Lipinski definition) is 3. The number of amides is 1. The molecule has 4 atom stereocenters. The Balaban J connectivity index is 1.34. The van der Waals surface area contributed by atoms with Gasteiger partial charge in [-0.25, -0.2) is 0 Å². The molecule has 4 rings (SSSR count). The Kier molecular flexibility index (Phi) is 7.39. The molecular formula is C26H41N5O. The zero-order valence-corrected chi connectivity index (χ0v) is 19.9. The van der Waals surface area contributed by atoms with Crippen LogP contribution in [0.1, 0.15) is 64.4 Å². The molecule has 2 saturated heterocycles. The first-order valence-corrected chi connectivity index (χ1v) is 12.7. The van der Waals surface area contributed by atoms with Gasteiger partial charge in [0.2, 0.25) is 5.91 Å². The fourth-order valence-corrected chi connectivity index (χ4v) is 6.18. The number of nitrogens with two attached hydrogens (primary N) is 1. The summed E-state index contributed by atoms with van der Waals surface area (Å²) in [7, 11) is 0. The topological polar surface area (TPSA) is 76.7 Å². The zero-order chi connectivity index (χ0) is 22.7. The Labute approximate surface area is 193 Å². The Bertz CT molecular complexity index is 801. The number of piperidine rings is 1. The molecule has 0 saturated carbocycles. The van der Waals surface area contributed by atoms with E-state index in [0.717, 1.165) is 51.0 Å². The smallest absolute Gasteiger partial charge is 0.230 e. The van der Waals surface area contributed by atoms with Crippen molar-refractivity contribution < 1.29 is 4.79 Å². The SMILES string of the molecule is C[C@@H]1CCC[C@H](C)N1CCCCCN1C(=O)C(C2CCN(C(=N)N)C2)Cc2ccccc21. The third-order valence-electron chi connectivity index (χ3n) is 8.11. The summed E-state index contributed by atoms with van der Waals surface area (Å²) in [5.41, 5.74) is 8.10. The van der Waals surface area contributed by atoms with Crippen molar-refractivity contribution in [3.63, 3.8) is 0 Å². The fourth-order valence-electron chi connectivity index (χ4n) is 6.18. The fraction of sp³-hybridized carbons (Fsp3) is 0.692. The molecule has 2 unspecified atom stereocenters. The molecule has 2 fully saturated rings. The van der Waals surface area contributed by atoms with Crippen LogP contribution in [0.2, 0.25) is 0 Å². The van der Waals surface area contributed by atoms with E-state index in [1.54, 1.807) is 0 Å². The number of likely N-dealkylation sites (tertiary alicyclic amines) is 2. The van der Waals surface area contributed by atoms with E-state index in [1.807, 2.05) is 11.0 Å². The van der Waals surface area contributed by atoms with Crippen molar-refractivity contribution in [2.24, 2.45) is 17.6 Å². The minimum atomic E-state index is 0.00398. The summed E-state index contributed by atoms with van der Waals surface area (Å²) in [6.45, 7) is 8.25. The van der Waals surface area contributed by atoms with Crippen molar-refractivity contribution in [3.05, 3.63) is 29.8 Å². The van der Waals surface area contributed by atoms with Gasteiger partial charge in [0, 0.05) is 43.3 Å². The molecular weight excluding hydrogens is 398 g/mol. The summed E-state index contributed by atoms with van der Waals surface area (Å²) < 4.78 is 0. The number of para-hydroxylation sites is 1. The first-order chi connectivity index (χ1) is 15.5. The monoisotopic (exact) mass is 439 g/mol. The van der Waals surface area contributed by atoms with Crippen LogP contribution < -0.4 is 10.6 Å². The number of unbranched alkanes of at least 4 members (excludes halogenated alkanes) is 2. The Hall–Kier alpha value is -2.08. The number of fused-ring (bicyclic) bond motifs is 1. The second kappa shape index (κ2) is 10.2. The van der Waals surface area contributed by atoms with E-state index in [1.165, 1.54) is 37.8 Å². The van der Waals surface area contributed by atoms with Gasteiger partial charge in [-0.2, -0.15) is 0 Å². The van der Waals surface area contributed by atoms with Crippen molar-refractivity contribution >= 4 is 17.6 Å². The molecule has 3 N–H and O–H groups in total. The summed E-state index contributed by atoms with van der Waals surface area (Å²) in [6, 6.07) is 9.83. The number of rotatable bonds is 7. The minimum absolute atomic E-state index is 0.00398. The average Bonchev–Trinajstić information content (AvgIpc) is 3.27. The van der Waals surface area contributed by atoms with E-state index in [0.29, 0.717) is 12.1 Å². The zero-order valence-electron chi connectivity index (χ0n) is 19.9. The summed E-state index contributed by atoms with van der Waals surface area (Å²) in [6.07, 6.45) is 9.19. The normalized spacial score (nSPS) is 28.8. The van der Waals surface area contributed by atoms with Gasteiger partial charge in [0.05, 0.1) is 0 Å². The van der Waals surface area contributed by atoms with E-state index in [2.05, 4.69) is 41.8 Å². The van der Waals surface area contributed by atoms with Crippen LogP contribution in [-0.4, -0.2) is 59.9 Å². The predicted octanol–water partition coefficient (Wildman–Crippen LogP) is 3.84. The van der Waals surface area contributed by atoms with E-state index in [9.17, 15) is 4.79 Å². The van der Waals surface area contributed by atoms with Crippen LogP contribution in [0.5, 0.6) is 0 Å². The van der Waals surface area contributed by atoms with Gasteiger partial charge in [0.25, 0.3) is 0 Å². The quantitative estimate of drug-likeness (QED) is 0.384. The number of hydrogen-bond donors (Lipinski definition) is 2. The maximum absolute atomic E-state index is 13.6. The van der Waals surface area contributed by atoms with E-state index >= 15 is 0 Å². The lowest BCUT2D eigenvalue weighted by atomic mass is 9.81. The predicted molar refractivity (Wildman–Crippen MR) is 131 cm³/mol. The lowest BCUT2D eigenvalue weighted by Crippen LogP contribution is -2.46. The highest BCUT2D eigenvalue weighted by atomic mass is 16.2. The molecule has 6 heteroatoms. The second-order valence-electron chi connectivity index (χ2n) is 10.2. The van der Waals surface area contributed by atoms with Crippen LogP contribution in [0.25, 0.3) is 0 Å². The van der Waals surface area contributed by atoms with Crippen LogP contribution >= 0.6 is 0 Å². The van der Waals surface area contributed by atoms with Crippen molar-refractivity contribution in [1.29, 1.82) is 5.41 Å². The molecule has 3 aliphatic heterocycles. The van der Waals surface area contributed by atoms with Gasteiger partial charge in [-0.1, -0.05) is 31.0 Å². The molecule has 3 aliphatic rings. The standard InChI is InChI=1S/C26H41N5O/c1-19-9-8-10-20(2)30(19)14-6-3-7-15-31-24-12-5-4-11-21(24)17-23(25(31)32)22-13-16-29(18-22)26(27)28/h4-5,11-12,19-20,22-23H,3,6-10,13-18H2,1-2H3,(H3,27,28)/t19-,20+,22?,23?. The van der Waals surface area contributed by atoms with E-state index < -0.39 is 0 Å². The van der Waals surface area contributed by atoms with Crippen molar-refractivity contribution in [2.45, 2.75) is 77.3 Å². The van der Waals surface area contributed by atoms with Crippen LogP contribution in [0.4, 0.5) is 5.69 Å². The largest absolute Gasteiger partial charge is 0.370 e. The maximum atomic E-state index is 13.6. The molecule has 32 heavy (non-hydrogen) atoms. The Morgan fingerprint density at radius 1 is 1.06 bits per heavy atom. The van der Waals surface area contributed by atoms with Gasteiger partial charge >= 0.3 is 0 Å². The van der Waals surface area contributed by atoms with E-state index in [-0.39, 0.29) is 23.7 Å². The highest BCUT2D eigenvalue weighted by Crippen LogP contribution is 2.37. The van der Waals surface area contributed by atoms with Crippen LogP contribution in [0, 0.1) is 17.2 Å². The third kappa shape index (κ3) is 4.95. The summed E-state index contributed by atoms with van der Waals surface area (Å²) in [4.78, 5) is 20.2. The number of carbonyl (C=O) groups is 1. The van der Waals surface area contributed by atoms with Crippen LogP contribution in [0.3, 0.4) is 0 Å². The lowest BCUT2D eigenvalue weighted by Gasteiger charge is -2.39. The molecule has 3 heterocycles. The molecule has 1 amide bonds. The number of carbonyl (C=O) groups excluding carboxylic acids is 1. The number of benzene rings is 1. The molecule has 1 aromatic carbocycles. The van der Waals surface area contributed by atoms with Gasteiger partial charge in [-0.15, -0.1) is 0 Å². The summed E-state index contributed by atoms with van der Waals surface area (Å²) in [5, 5.41) is 7.74. The molecule has 0 bridgehead atoms.